The Kier molecular flexibility index (Phi) is 3.84. The van der Waals surface area contributed by atoms with Gasteiger partial charge in [-0.25, -0.2) is 4.68 Å². The Morgan fingerprint density at radius 1 is 1.21 bits per heavy atom. The molecule has 0 aliphatic rings. The largest absolute Gasteiger partial charge is 0.299 e. The van der Waals surface area contributed by atoms with Gasteiger partial charge in [0.2, 0.25) is 0 Å². The summed E-state index contributed by atoms with van der Waals surface area (Å²) in [5, 5.41) is 4.33. The molecule has 19 heavy (non-hydrogen) atoms. The molecule has 100 valence electrons. The molecule has 3 heteroatoms. The minimum Gasteiger partial charge on any atom is -0.299 e. The number of aryl methyl sites for hydroxylation is 1. The highest BCUT2D eigenvalue weighted by molar-refractivity contribution is 5.83. The third-order valence-corrected chi connectivity index (χ3v) is 3.13. The van der Waals surface area contributed by atoms with Crippen molar-refractivity contribution < 1.29 is 4.79 Å². The maximum atomic E-state index is 11.9. The number of hydrogen-bond acceptors (Lipinski definition) is 2. The summed E-state index contributed by atoms with van der Waals surface area (Å²) in [6.07, 6.45) is 5.15. The molecule has 0 aliphatic heterocycles. The smallest absolute Gasteiger partial charge is 0.138 e. The van der Waals surface area contributed by atoms with E-state index in [0.717, 1.165) is 17.7 Å². The van der Waals surface area contributed by atoms with Crippen LogP contribution in [0.15, 0.2) is 42.7 Å². The quantitative estimate of drug-likeness (QED) is 0.840. The van der Waals surface area contributed by atoms with E-state index in [9.17, 15) is 4.79 Å². The Balaban J connectivity index is 2.01. The van der Waals surface area contributed by atoms with Crippen molar-refractivity contribution in [3.05, 3.63) is 48.3 Å². The van der Waals surface area contributed by atoms with Gasteiger partial charge in [-0.3, -0.25) is 4.79 Å². The zero-order chi connectivity index (χ0) is 13.9. The van der Waals surface area contributed by atoms with Crippen molar-refractivity contribution in [1.29, 1.82) is 0 Å². The van der Waals surface area contributed by atoms with Gasteiger partial charge in [0, 0.05) is 18.0 Å². The Bertz CT molecular complexity index is 550. The standard InChI is InChI=1S/C16H20N2O/c1-16(2,3)15(19)10-9-13-11-17-18(12-13)14-7-5-4-6-8-14/h4-8,11-12H,9-10H2,1-3H3. The van der Waals surface area contributed by atoms with E-state index < -0.39 is 0 Å². The predicted molar refractivity (Wildman–Crippen MR) is 76.3 cm³/mol. The van der Waals surface area contributed by atoms with Gasteiger partial charge in [-0.05, 0) is 24.1 Å². The van der Waals surface area contributed by atoms with E-state index in [4.69, 9.17) is 0 Å². The first-order valence-electron chi connectivity index (χ1n) is 6.59. The fourth-order valence-corrected chi connectivity index (χ4v) is 1.84. The zero-order valence-electron chi connectivity index (χ0n) is 11.8. The molecule has 0 spiro atoms. The lowest BCUT2D eigenvalue weighted by Gasteiger charge is -2.15. The van der Waals surface area contributed by atoms with E-state index in [1.54, 1.807) is 0 Å². The van der Waals surface area contributed by atoms with Crippen molar-refractivity contribution in [3.63, 3.8) is 0 Å². The first-order valence-corrected chi connectivity index (χ1v) is 6.59. The predicted octanol–water partition coefficient (Wildman–Crippen LogP) is 3.42. The Morgan fingerprint density at radius 2 is 1.89 bits per heavy atom. The van der Waals surface area contributed by atoms with Gasteiger partial charge in [-0.1, -0.05) is 39.0 Å². The summed E-state index contributed by atoms with van der Waals surface area (Å²) in [6, 6.07) is 9.98. The Labute approximate surface area is 114 Å². The van der Waals surface area contributed by atoms with E-state index in [1.165, 1.54) is 0 Å². The molecule has 2 rings (SSSR count). The number of hydrogen-bond donors (Lipinski definition) is 0. The van der Waals surface area contributed by atoms with Crippen molar-refractivity contribution in [1.82, 2.24) is 9.78 Å². The first-order chi connectivity index (χ1) is 8.97. The number of para-hydroxylation sites is 1. The van der Waals surface area contributed by atoms with Crippen molar-refractivity contribution >= 4 is 5.78 Å². The van der Waals surface area contributed by atoms with Gasteiger partial charge < -0.3 is 0 Å². The van der Waals surface area contributed by atoms with E-state index in [-0.39, 0.29) is 5.41 Å². The van der Waals surface area contributed by atoms with Crippen molar-refractivity contribution in [2.45, 2.75) is 33.6 Å². The minimum absolute atomic E-state index is 0.255. The van der Waals surface area contributed by atoms with Crippen LogP contribution in [0.25, 0.3) is 5.69 Å². The number of carbonyl (C=O) groups is 1. The van der Waals surface area contributed by atoms with E-state index >= 15 is 0 Å². The summed E-state index contributed by atoms with van der Waals surface area (Å²) >= 11 is 0. The Morgan fingerprint density at radius 3 is 2.53 bits per heavy atom. The number of ketones is 1. The topological polar surface area (TPSA) is 34.9 Å². The monoisotopic (exact) mass is 256 g/mol. The number of benzene rings is 1. The fourth-order valence-electron chi connectivity index (χ4n) is 1.84. The SMILES string of the molecule is CC(C)(C)C(=O)CCc1cnn(-c2ccccc2)c1. The number of rotatable bonds is 4. The summed E-state index contributed by atoms with van der Waals surface area (Å²) < 4.78 is 1.84. The maximum Gasteiger partial charge on any atom is 0.138 e. The summed E-state index contributed by atoms with van der Waals surface area (Å²) in [5.41, 5.74) is 1.88. The Hall–Kier alpha value is -1.90. The normalized spacial score (nSPS) is 11.5. The lowest BCUT2D eigenvalue weighted by molar-refractivity contribution is -0.126. The van der Waals surface area contributed by atoms with Gasteiger partial charge in [0.05, 0.1) is 11.9 Å². The highest BCUT2D eigenvalue weighted by Crippen LogP contribution is 2.18. The number of nitrogens with zero attached hydrogens (tertiary/aromatic N) is 2. The highest BCUT2D eigenvalue weighted by Gasteiger charge is 2.20. The van der Waals surface area contributed by atoms with Crippen LogP contribution in [-0.4, -0.2) is 15.6 Å². The molecule has 0 saturated heterocycles. The summed E-state index contributed by atoms with van der Waals surface area (Å²) in [5.74, 6) is 0.292. The second kappa shape index (κ2) is 5.39. The molecule has 0 unspecified atom stereocenters. The molecule has 0 fully saturated rings. The molecule has 0 bridgehead atoms. The molecule has 0 saturated carbocycles. The van der Waals surface area contributed by atoms with Gasteiger partial charge in [-0.2, -0.15) is 5.10 Å². The number of carbonyl (C=O) groups excluding carboxylic acids is 1. The van der Waals surface area contributed by atoms with Crippen LogP contribution in [0.2, 0.25) is 0 Å². The van der Waals surface area contributed by atoms with Crippen molar-refractivity contribution in [3.8, 4) is 5.69 Å². The molecule has 1 aromatic carbocycles. The third kappa shape index (κ3) is 3.53. The summed E-state index contributed by atoms with van der Waals surface area (Å²) in [7, 11) is 0. The first kappa shape index (κ1) is 13.5. The summed E-state index contributed by atoms with van der Waals surface area (Å²) in [4.78, 5) is 11.9. The molecule has 1 aromatic heterocycles. The maximum absolute atomic E-state index is 11.9. The lowest BCUT2D eigenvalue weighted by Crippen LogP contribution is -2.20. The van der Waals surface area contributed by atoms with Crippen LogP contribution in [0.3, 0.4) is 0 Å². The zero-order valence-corrected chi connectivity index (χ0v) is 11.8. The molecule has 0 N–H and O–H groups in total. The van der Waals surface area contributed by atoms with Crippen molar-refractivity contribution in [2.24, 2.45) is 5.41 Å². The third-order valence-electron chi connectivity index (χ3n) is 3.13. The van der Waals surface area contributed by atoms with Crippen LogP contribution in [-0.2, 0) is 11.2 Å². The van der Waals surface area contributed by atoms with Crippen LogP contribution in [0, 0.1) is 5.41 Å². The van der Waals surface area contributed by atoms with Gasteiger partial charge in [0.15, 0.2) is 0 Å². The second-order valence-corrected chi connectivity index (χ2v) is 5.80. The van der Waals surface area contributed by atoms with Gasteiger partial charge in [0.25, 0.3) is 0 Å². The van der Waals surface area contributed by atoms with E-state index in [0.29, 0.717) is 12.2 Å². The molecule has 0 radical (unpaired) electrons. The number of aromatic nitrogens is 2. The molecular formula is C16H20N2O. The average Bonchev–Trinajstić information content (AvgIpc) is 2.84. The van der Waals surface area contributed by atoms with Crippen LogP contribution < -0.4 is 0 Å². The molecule has 1 heterocycles. The highest BCUT2D eigenvalue weighted by atomic mass is 16.1. The molecule has 3 nitrogen and oxygen atoms in total. The number of Topliss-reactive ketones (excluding diaryl/α,β-unsaturated/α-hetero) is 1. The summed E-state index contributed by atoms with van der Waals surface area (Å²) in [6.45, 7) is 5.88. The lowest BCUT2D eigenvalue weighted by atomic mass is 9.88. The minimum atomic E-state index is -0.255. The van der Waals surface area contributed by atoms with Gasteiger partial charge in [0.1, 0.15) is 5.78 Å². The molecule has 0 atom stereocenters. The van der Waals surface area contributed by atoms with Crippen LogP contribution in [0.1, 0.15) is 32.8 Å². The second-order valence-electron chi connectivity index (χ2n) is 5.80. The molecule has 0 aliphatic carbocycles. The fraction of sp³-hybridized carbons (Fsp3) is 0.375. The molecule has 0 amide bonds. The van der Waals surface area contributed by atoms with Gasteiger partial charge >= 0.3 is 0 Å². The van der Waals surface area contributed by atoms with E-state index in [1.807, 2.05) is 68.2 Å². The van der Waals surface area contributed by atoms with Crippen LogP contribution in [0.4, 0.5) is 0 Å². The molecular weight excluding hydrogens is 236 g/mol. The average molecular weight is 256 g/mol. The van der Waals surface area contributed by atoms with Gasteiger partial charge in [-0.15, -0.1) is 0 Å². The van der Waals surface area contributed by atoms with Crippen LogP contribution >= 0.6 is 0 Å². The van der Waals surface area contributed by atoms with Crippen molar-refractivity contribution in [2.75, 3.05) is 0 Å². The molecule has 2 aromatic rings. The van der Waals surface area contributed by atoms with Crippen LogP contribution in [0.5, 0.6) is 0 Å². The van der Waals surface area contributed by atoms with E-state index in [2.05, 4.69) is 5.10 Å².